The zero-order valence-corrected chi connectivity index (χ0v) is 29.4. The van der Waals surface area contributed by atoms with Gasteiger partial charge in [-0.3, -0.25) is 14.5 Å². The van der Waals surface area contributed by atoms with Gasteiger partial charge in [-0.1, -0.05) is 101 Å². The molecule has 2 heterocycles. The average Bonchev–Trinajstić information content (AvgIpc) is 3.72. The predicted molar refractivity (Wildman–Crippen MR) is 199 cm³/mol. The molecule has 6 aromatic rings. The van der Waals surface area contributed by atoms with E-state index in [1.165, 1.54) is 34.1 Å². The molecule has 1 aromatic heterocycles. The number of amides is 1. The number of aryl methyl sites for hydroxylation is 1. The Morgan fingerprint density at radius 2 is 1.69 bits per heavy atom. The summed E-state index contributed by atoms with van der Waals surface area (Å²) in [4.78, 5) is 28.9. The van der Waals surface area contributed by atoms with Gasteiger partial charge >= 0.3 is 5.91 Å². The minimum absolute atomic E-state index is 0.0955. The second kappa shape index (κ2) is 14.7. The van der Waals surface area contributed by atoms with Crippen LogP contribution in [0.25, 0.3) is 16.5 Å². The number of Topliss-reactive ketones (excluding diaryl/α,β-unsaturated/α-hetero) is 1. The van der Waals surface area contributed by atoms with Gasteiger partial charge in [0.25, 0.3) is 5.78 Å². The number of benzene rings is 5. The topological polar surface area (TPSA) is 122 Å². The zero-order valence-electron chi connectivity index (χ0n) is 27.8. The highest BCUT2D eigenvalue weighted by Gasteiger charge is 2.48. The molecule has 1 aliphatic heterocycles. The van der Waals surface area contributed by atoms with Crippen LogP contribution in [0, 0.1) is 6.92 Å². The van der Waals surface area contributed by atoms with Crippen molar-refractivity contribution in [1.82, 2.24) is 10.2 Å². The molecule has 0 radical (unpaired) electrons. The van der Waals surface area contributed by atoms with Crippen molar-refractivity contribution in [2.45, 2.75) is 36.6 Å². The van der Waals surface area contributed by atoms with Crippen LogP contribution in [0.3, 0.4) is 0 Å². The molecule has 1 amide bonds. The van der Waals surface area contributed by atoms with Crippen LogP contribution in [-0.4, -0.2) is 38.7 Å². The molecule has 7 rings (SSSR count). The molecule has 0 saturated carbocycles. The summed E-state index contributed by atoms with van der Waals surface area (Å²) in [5, 5.41) is 33.3. The van der Waals surface area contributed by atoms with E-state index in [9.17, 15) is 19.8 Å². The molecule has 51 heavy (non-hydrogen) atoms. The van der Waals surface area contributed by atoms with Crippen molar-refractivity contribution in [1.29, 1.82) is 0 Å². The number of phenolic OH excluding ortho intramolecular Hbond substituents is 1. The first-order chi connectivity index (χ1) is 24.8. The third-order valence-electron chi connectivity index (χ3n) is 8.49. The molecule has 1 unspecified atom stereocenters. The number of ketones is 1. The lowest BCUT2D eigenvalue weighted by Crippen LogP contribution is -2.29. The fourth-order valence-corrected chi connectivity index (χ4v) is 7.94. The number of carbonyl (C=O) groups excluding carboxylic acids is 2. The van der Waals surface area contributed by atoms with Crippen LogP contribution in [0.15, 0.2) is 119 Å². The summed E-state index contributed by atoms with van der Waals surface area (Å²) in [6.07, 6.45) is 0. The van der Waals surface area contributed by atoms with E-state index in [4.69, 9.17) is 9.47 Å². The van der Waals surface area contributed by atoms with Gasteiger partial charge in [0, 0.05) is 11.3 Å². The molecule has 0 aliphatic carbocycles. The van der Waals surface area contributed by atoms with Gasteiger partial charge in [-0.25, -0.2) is 0 Å². The largest absolute Gasteiger partial charge is 0.507 e. The number of hydrogen-bond acceptors (Lipinski definition) is 10. The van der Waals surface area contributed by atoms with Crippen LogP contribution in [0.1, 0.15) is 40.8 Å². The zero-order chi connectivity index (χ0) is 35.5. The van der Waals surface area contributed by atoms with Crippen molar-refractivity contribution >= 4 is 56.5 Å². The highest BCUT2D eigenvalue weighted by Crippen LogP contribution is 2.45. The molecule has 1 aliphatic rings. The van der Waals surface area contributed by atoms with Gasteiger partial charge in [-0.05, 0) is 77.7 Å². The number of rotatable bonds is 11. The number of anilines is 1. The quantitative estimate of drug-likeness (QED) is 0.0447. The van der Waals surface area contributed by atoms with E-state index in [1.54, 1.807) is 43.3 Å². The summed E-state index contributed by atoms with van der Waals surface area (Å²) in [5.41, 5.74) is 3.93. The molecule has 1 saturated heterocycles. The van der Waals surface area contributed by atoms with Crippen LogP contribution in [0.5, 0.6) is 17.2 Å². The van der Waals surface area contributed by atoms with Crippen molar-refractivity contribution in [2.75, 3.05) is 11.5 Å². The Bertz CT molecular complexity index is 2280. The Balaban J connectivity index is 1.21. The second-order valence-electron chi connectivity index (χ2n) is 11.9. The van der Waals surface area contributed by atoms with Gasteiger partial charge in [0.05, 0.1) is 18.2 Å². The second-order valence-corrected chi connectivity index (χ2v) is 14.1. The van der Waals surface area contributed by atoms with Crippen molar-refractivity contribution in [3.05, 3.63) is 143 Å². The molecule has 2 N–H and O–H groups in total. The van der Waals surface area contributed by atoms with E-state index in [0.29, 0.717) is 33.6 Å². The van der Waals surface area contributed by atoms with Crippen LogP contribution in [-0.2, 0) is 21.9 Å². The first-order valence-electron chi connectivity index (χ1n) is 16.3. The Hall–Kier alpha value is -5.65. The molecule has 0 spiro atoms. The lowest BCUT2D eigenvalue weighted by atomic mass is 9.95. The highest BCUT2D eigenvalue weighted by molar-refractivity contribution is 8.00. The maximum Gasteiger partial charge on any atom is 0.301 e. The average molecular weight is 716 g/mol. The molecular formula is C40H33N3O6S2. The highest BCUT2D eigenvalue weighted by atomic mass is 32.2. The Labute approximate surface area is 302 Å². The standard InChI is InChI=1S/C40H33N3O6S2/c1-3-48-33-21-28(16-19-32(33)44)35-34(36(45)27-14-17-30(18-15-27)49-22-25-9-6-8-24(2)20-25)37(46)38(47)43(35)39-41-42-40(51-39)50-23-29-12-7-11-26-10-4-5-13-31(26)29/h4-21,35,44-45H,3,22-23H2,1-2H3/b36-34+. The summed E-state index contributed by atoms with van der Waals surface area (Å²) in [5.74, 6) is -0.796. The molecular weight excluding hydrogens is 683 g/mol. The van der Waals surface area contributed by atoms with Gasteiger partial charge in [-0.2, -0.15) is 0 Å². The number of fused-ring (bicyclic) bond motifs is 1. The summed E-state index contributed by atoms with van der Waals surface area (Å²) in [6, 6.07) is 32.5. The maximum absolute atomic E-state index is 13.8. The lowest BCUT2D eigenvalue weighted by molar-refractivity contribution is -0.132. The number of aromatic hydroxyl groups is 1. The van der Waals surface area contributed by atoms with Crippen molar-refractivity contribution in [2.24, 2.45) is 0 Å². The molecule has 0 bridgehead atoms. The van der Waals surface area contributed by atoms with Gasteiger partial charge in [0.1, 0.15) is 18.1 Å². The van der Waals surface area contributed by atoms with E-state index in [0.717, 1.165) is 27.5 Å². The summed E-state index contributed by atoms with van der Waals surface area (Å²) >= 11 is 2.67. The monoisotopic (exact) mass is 715 g/mol. The van der Waals surface area contributed by atoms with Gasteiger partial charge in [0.2, 0.25) is 5.13 Å². The fourth-order valence-electron chi connectivity index (χ4n) is 6.07. The van der Waals surface area contributed by atoms with E-state index in [1.807, 2.05) is 49.4 Å². The smallest absolute Gasteiger partial charge is 0.301 e. The number of aliphatic hydroxyl groups is 1. The van der Waals surface area contributed by atoms with Gasteiger partial charge in [0.15, 0.2) is 15.8 Å². The Morgan fingerprint density at radius 3 is 2.49 bits per heavy atom. The number of thioether (sulfide) groups is 1. The summed E-state index contributed by atoms with van der Waals surface area (Å²) in [7, 11) is 0. The molecule has 5 aromatic carbocycles. The van der Waals surface area contributed by atoms with Crippen LogP contribution >= 0.6 is 23.1 Å². The van der Waals surface area contributed by atoms with E-state index in [2.05, 4.69) is 34.5 Å². The number of ether oxygens (including phenoxy) is 2. The first kappa shape index (κ1) is 33.8. The Morgan fingerprint density at radius 1 is 0.902 bits per heavy atom. The maximum atomic E-state index is 13.8. The lowest BCUT2D eigenvalue weighted by Gasteiger charge is -2.23. The molecule has 256 valence electrons. The molecule has 1 atom stereocenters. The summed E-state index contributed by atoms with van der Waals surface area (Å²) < 4.78 is 12.2. The minimum Gasteiger partial charge on any atom is -0.507 e. The van der Waals surface area contributed by atoms with Crippen LogP contribution in [0.2, 0.25) is 0 Å². The number of hydrogen-bond donors (Lipinski definition) is 2. The Kier molecular flexibility index (Phi) is 9.74. The van der Waals surface area contributed by atoms with Gasteiger partial charge in [-0.15, -0.1) is 10.2 Å². The van der Waals surface area contributed by atoms with E-state index < -0.39 is 17.7 Å². The molecule has 1 fully saturated rings. The predicted octanol–water partition coefficient (Wildman–Crippen LogP) is 8.60. The third kappa shape index (κ3) is 7.03. The number of phenols is 1. The normalized spacial score (nSPS) is 15.4. The van der Waals surface area contributed by atoms with Crippen LogP contribution in [0.4, 0.5) is 5.13 Å². The van der Waals surface area contributed by atoms with Crippen molar-refractivity contribution < 1.29 is 29.3 Å². The SMILES string of the molecule is CCOc1cc(C2/C(=C(\O)c3ccc(OCc4cccc(C)c4)cc3)C(=O)C(=O)N2c2nnc(SCc3cccc4ccccc34)s2)ccc1O. The molecule has 11 heteroatoms. The number of carbonyl (C=O) groups is 2. The fraction of sp³-hybridized carbons (Fsp3) is 0.150. The number of aliphatic hydroxyl groups excluding tert-OH is 1. The summed E-state index contributed by atoms with van der Waals surface area (Å²) in [6.45, 7) is 4.45. The van der Waals surface area contributed by atoms with E-state index in [-0.39, 0.29) is 34.6 Å². The van der Waals surface area contributed by atoms with Crippen LogP contribution < -0.4 is 14.4 Å². The third-order valence-corrected chi connectivity index (χ3v) is 10.6. The van der Waals surface area contributed by atoms with Crippen molar-refractivity contribution in [3.8, 4) is 17.2 Å². The number of nitrogens with zero attached hydrogens (tertiary/aromatic N) is 3. The van der Waals surface area contributed by atoms with Crippen molar-refractivity contribution in [3.63, 3.8) is 0 Å². The molecule has 9 nitrogen and oxygen atoms in total. The minimum atomic E-state index is -1.08. The first-order valence-corrected chi connectivity index (χ1v) is 18.1. The van der Waals surface area contributed by atoms with Gasteiger partial charge < -0.3 is 19.7 Å². The number of aromatic nitrogens is 2. The van der Waals surface area contributed by atoms with E-state index >= 15 is 0 Å².